The molecular formula is C15H18N4O3. The summed E-state index contributed by atoms with van der Waals surface area (Å²) in [6.07, 6.45) is 2.64. The number of methoxy groups -OCH3 is 1. The van der Waals surface area contributed by atoms with E-state index in [0.717, 1.165) is 6.41 Å². The molecule has 0 saturated carbocycles. The Morgan fingerprint density at radius 2 is 2.05 bits per heavy atom. The van der Waals surface area contributed by atoms with E-state index in [0.29, 0.717) is 49.0 Å². The molecule has 22 heavy (non-hydrogen) atoms. The number of pyridine rings is 1. The number of aryl methyl sites for hydroxylation is 1. The average Bonchev–Trinajstić information content (AvgIpc) is 2.90. The quantitative estimate of drug-likeness (QED) is 0.777. The molecule has 2 amide bonds. The van der Waals surface area contributed by atoms with Crippen molar-refractivity contribution in [2.24, 2.45) is 0 Å². The molecule has 3 heterocycles. The van der Waals surface area contributed by atoms with Crippen LogP contribution in [-0.2, 0) is 4.79 Å². The summed E-state index contributed by atoms with van der Waals surface area (Å²) in [6, 6.07) is 3.65. The van der Waals surface area contributed by atoms with Gasteiger partial charge < -0.3 is 14.5 Å². The number of ether oxygens (including phenoxy) is 1. The Hall–Kier alpha value is -2.57. The molecule has 0 spiro atoms. The second kappa shape index (κ2) is 5.67. The lowest BCUT2D eigenvalue weighted by atomic mass is 10.2. The SMILES string of the molecule is COc1cccn2c(C(=O)N3CCN(C=O)CC3)c(C)nc12. The largest absolute Gasteiger partial charge is 0.493 e. The fraction of sp³-hybridized carbons (Fsp3) is 0.400. The van der Waals surface area contributed by atoms with Crippen LogP contribution in [0.5, 0.6) is 5.75 Å². The predicted octanol–water partition coefficient (Wildman–Crippen LogP) is 0.566. The first-order valence-electron chi connectivity index (χ1n) is 7.16. The van der Waals surface area contributed by atoms with Crippen LogP contribution in [0.4, 0.5) is 0 Å². The number of carbonyl (C=O) groups excluding carboxylic acids is 2. The smallest absolute Gasteiger partial charge is 0.272 e. The van der Waals surface area contributed by atoms with Gasteiger partial charge in [0, 0.05) is 32.4 Å². The maximum Gasteiger partial charge on any atom is 0.272 e. The Morgan fingerprint density at radius 1 is 1.32 bits per heavy atom. The van der Waals surface area contributed by atoms with Crippen LogP contribution in [0.3, 0.4) is 0 Å². The lowest BCUT2D eigenvalue weighted by Crippen LogP contribution is -2.48. The molecule has 1 aliphatic rings. The minimum Gasteiger partial charge on any atom is -0.493 e. The molecule has 3 rings (SSSR count). The van der Waals surface area contributed by atoms with E-state index in [1.165, 1.54) is 0 Å². The number of hydrogen-bond acceptors (Lipinski definition) is 4. The zero-order valence-electron chi connectivity index (χ0n) is 12.7. The molecule has 1 saturated heterocycles. The highest BCUT2D eigenvalue weighted by atomic mass is 16.5. The number of rotatable bonds is 3. The van der Waals surface area contributed by atoms with Crippen molar-refractivity contribution in [3.05, 3.63) is 29.7 Å². The van der Waals surface area contributed by atoms with E-state index in [4.69, 9.17) is 4.74 Å². The molecule has 0 unspecified atom stereocenters. The van der Waals surface area contributed by atoms with E-state index in [1.54, 1.807) is 21.3 Å². The number of aromatic nitrogens is 2. The highest BCUT2D eigenvalue weighted by molar-refractivity contribution is 5.95. The molecule has 0 aromatic carbocycles. The van der Waals surface area contributed by atoms with Crippen LogP contribution in [0.2, 0.25) is 0 Å². The number of carbonyl (C=O) groups is 2. The number of imidazole rings is 1. The van der Waals surface area contributed by atoms with Crippen molar-refractivity contribution in [1.82, 2.24) is 19.2 Å². The van der Waals surface area contributed by atoms with Crippen molar-refractivity contribution in [2.75, 3.05) is 33.3 Å². The van der Waals surface area contributed by atoms with Gasteiger partial charge in [-0.3, -0.25) is 14.0 Å². The lowest BCUT2D eigenvalue weighted by Gasteiger charge is -2.32. The topological polar surface area (TPSA) is 67.2 Å². The van der Waals surface area contributed by atoms with E-state index in [9.17, 15) is 9.59 Å². The summed E-state index contributed by atoms with van der Waals surface area (Å²) in [5.41, 5.74) is 1.86. The van der Waals surface area contributed by atoms with Crippen LogP contribution >= 0.6 is 0 Å². The fourth-order valence-electron chi connectivity index (χ4n) is 2.75. The zero-order chi connectivity index (χ0) is 15.7. The van der Waals surface area contributed by atoms with E-state index < -0.39 is 0 Å². The zero-order valence-corrected chi connectivity index (χ0v) is 12.7. The van der Waals surface area contributed by atoms with Crippen molar-refractivity contribution >= 4 is 18.0 Å². The molecule has 1 aliphatic heterocycles. The molecule has 116 valence electrons. The number of fused-ring (bicyclic) bond motifs is 1. The number of hydrogen-bond donors (Lipinski definition) is 0. The van der Waals surface area contributed by atoms with Gasteiger partial charge in [0.2, 0.25) is 6.41 Å². The van der Waals surface area contributed by atoms with Crippen molar-refractivity contribution in [3.63, 3.8) is 0 Å². The maximum atomic E-state index is 12.8. The van der Waals surface area contributed by atoms with Gasteiger partial charge in [0.25, 0.3) is 5.91 Å². The Morgan fingerprint density at radius 3 is 2.68 bits per heavy atom. The van der Waals surface area contributed by atoms with Crippen molar-refractivity contribution in [1.29, 1.82) is 0 Å². The third kappa shape index (κ3) is 2.28. The normalized spacial score (nSPS) is 15.2. The molecule has 1 fully saturated rings. The molecule has 2 aromatic heterocycles. The Balaban J connectivity index is 1.95. The molecule has 0 N–H and O–H groups in total. The summed E-state index contributed by atoms with van der Waals surface area (Å²) in [7, 11) is 1.58. The minimum atomic E-state index is -0.0659. The molecular weight excluding hydrogens is 284 g/mol. The van der Waals surface area contributed by atoms with E-state index in [2.05, 4.69) is 4.98 Å². The first kappa shape index (κ1) is 14.4. The van der Waals surface area contributed by atoms with Crippen molar-refractivity contribution < 1.29 is 14.3 Å². The van der Waals surface area contributed by atoms with Gasteiger partial charge in [-0.2, -0.15) is 0 Å². The Bertz CT molecular complexity index is 717. The van der Waals surface area contributed by atoms with Gasteiger partial charge in [-0.25, -0.2) is 4.98 Å². The van der Waals surface area contributed by atoms with Gasteiger partial charge in [0.05, 0.1) is 12.8 Å². The van der Waals surface area contributed by atoms with E-state index in [1.807, 2.05) is 25.3 Å². The van der Waals surface area contributed by atoms with Gasteiger partial charge in [-0.1, -0.05) is 0 Å². The summed E-state index contributed by atoms with van der Waals surface area (Å²) in [5.74, 6) is 0.569. The molecule has 2 aromatic rings. The highest BCUT2D eigenvalue weighted by Gasteiger charge is 2.26. The maximum absolute atomic E-state index is 12.8. The van der Waals surface area contributed by atoms with Crippen LogP contribution < -0.4 is 4.74 Å². The fourth-order valence-corrected chi connectivity index (χ4v) is 2.75. The van der Waals surface area contributed by atoms with Crippen LogP contribution in [0.1, 0.15) is 16.2 Å². The molecule has 7 nitrogen and oxygen atoms in total. The van der Waals surface area contributed by atoms with Gasteiger partial charge in [0.15, 0.2) is 11.4 Å². The van der Waals surface area contributed by atoms with Crippen LogP contribution in [0, 0.1) is 6.92 Å². The number of amides is 2. The van der Waals surface area contributed by atoms with Gasteiger partial charge >= 0.3 is 0 Å². The van der Waals surface area contributed by atoms with Crippen LogP contribution in [-0.4, -0.2) is 64.8 Å². The van der Waals surface area contributed by atoms with Crippen molar-refractivity contribution in [2.45, 2.75) is 6.92 Å². The van der Waals surface area contributed by atoms with Gasteiger partial charge in [-0.05, 0) is 19.1 Å². The summed E-state index contributed by atoms with van der Waals surface area (Å²) in [5, 5.41) is 0. The second-order valence-corrected chi connectivity index (χ2v) is 5.25. The lowest BCUT2D eigenvalue weighted by molar-refractivity contribution is -0.119. The summed E-state index contributed by atoms with van der Waals surface area (Å²) in [4.78, 5) is 31.5. The Labute approximate surface area is 128 Å². The molecule has 0 atom stereocenters. The number of nitrogens with zero attached hydrogens (tertiary/aromatic N) is 4. The first-order chi connectivity index (χ1) is 10.7. The predicted molar refractivity (Wildman–Crippen MR) is 80.0 cm³/mol. The minimum absolute atomic E-state index is 0.0659. The molecule has 7 heteroatoms. The van der Waals surface area contributed by atoms with Crippen LogP contribution in [0.15, 0.2) is 18.3 Å². The van der Waals surface area contributed by atoms with Gasteiger partial charge in [-0.15, -0.1) is 0 Å². The second-order valence-electron chi connectivity index (χ2n) is 5.25. The number of piperazine rings is 1. The molecule has 0 bridgehead atoms. The highest BCUT2D eigenvalue weighted by Crippen LogP contribution is 2.22. The average molecular weight is 302 g/mol. The van der Waals surface area contributed by atoms with Crippen molar-refractivity contribution in [3.8, 4) is 5.75 Å². The molecule has 0 radical (unpaired) electrons. The van der Waals surface area contributed by atoms with E-state index >= 15 is 0 Å². The van der Waals surface area contributed by atoms with Gasteiger partial charge in [0.1, 0.15) is 5.69 Å². The third-order valence-corrected chi connectivity index (χ3v) is 3.96. The van der Waals surface area contributed by atoms with Crippen LogP contribution in [0.25, 0.3) is 5.65 Å². The monoisotopic (exact) mass is 302 g/mol. The third-order valence-electron chi connectivity index (χ3n) is 3.96. The summed E-state index contributed by atoms with van der Waals surface area (Å²) >= 11 is 0. The molecule has 0 aliphatic carbocycles. The van der Waals surface area contributed by atoms with E-state index in [-0.39, 0.29) is 5.91 Å². The Kier molecular flexibility index (Phi) is 3.70. The summed E-state index contributed by atoms with van der Waals surface area (Å²) in [6.45, 7) is 4.02. The first-order valence-corrected chi connectivity index (χ1v) is 7.16. The summed E-state index contributed by atoms with van der Waals surface area (Å²) < 4.78 is 7.06. The standard InChI is InChI=1S/C15H18N4O3/c1-11-13(15(21)18-8-6-17(10-20)7-9-18)19-5-3-4-12(22-2)14(19)16-11/h3-5,10H,6-9H2,1-2H3.